The van der Waals surface area contributed by atoms with E-state index in [2.05, 4.69) is 25.2 Å². The van der Waals surface area contributed by atoms with Crippen LogP contribution in [0.5, 0.6) is 0 Å². The first-order chi connectivity index (χ1) is 7.78. The van der Waals surface area contributed by atoms with Gasteiger partial charge in [0.1, 0.15) is 6.04 Å². The molecule has 2 atom stereocenters. The summed E-state index contributed by atoms with van der Waals surface area (Å²) in [6.07, 6.45) is 4.93. The van der Waals surface area contributed by atoms with Crippen LogP contribution in [0.15, 0.2) is 0 Å². The largest absolute Gasteiger partial charge is 0.378 e. The molecule has 0 saturated heterocycles. The van der Waals surface area contributed by atoms with E-state index in [1.807, 2.05) is 6.92 Å². The van der Waals surface area contributed by atoms with Gasteiger partial charge in [-0.05, 0) is 18.9 Å². The maximum atomic E-state index is 8.83. The molecule has 0 amide bonds. The van der Waals surface area contributed by atoms with Gasteiger partial charge >= 0.3 is 0 Å². The van der Waals surface area contributed by atoms with Gasteiger partial charge in [0.25, 0.3) is 0 Å². The van der Waals surface area contributed by atoms with Crippen LogP contribution in [0.2, 0.25) is 0 Å². The van der Waals surface area contributed by atoms with Crippen molar-refractivity contribution >= 4 is 0 Å². The fourth-order valence-electron chi connectivity index (χ4n) is 1.64. The van der Waals surface area contributed by atoms with E-state index in [1.165, 1.54) is 25.7 Å². The Morgan fingerprint density at radius 2 is 2.00 bits per heavy atom. The van der Waals surface area contributed by atoms with Crippen LogP contribution in [0, 0.1) is 17.2 Å². The fourth-order valence-corrected chi connectivity index (χ4v) is 1.64. The average Bonchev–Trinajstić information content (AvgIpc) is 2.32. The molecule has 0 aliphatic carbocycles. The van der Waals surface area contributed by atoms with E-state index < -0.39 is 0 Å². The Labute approximate surface area is 100 Å². The smallest absolute Gasteiger partial charge is 0.119 e. The van der Waals surface area contributed by atoms with E-state index in [0.717, 1.165) is 13.2 Å². The second kappa shape index (κ2) is 10.9. The van der Waals surface area contributed by atoms with Gasteiger partial charge in [-0.2, -0.15) is 5.26 Å². The molecule has 0 heterocycles. The van der Waals surface area contributed by atoms with Crippen LogP contribution in [0.25, 0.3) is 0 Å². The molecule has 0 aromatic heterocycles. The minimum Gasteiger partial charge on any atom is -0.378 e. The molecule has 0 fully saturated rings. The van der Waals surface area contributed by atoms with E-state index in [-0.39, 0.29) is 6.04 Å². The lowest BCUT2D eigenvalue weighted by Crippen LogP contribution is -2.32. The van der Waals surface area contributed by atoms with Crippen LogP contribution in [-0.4, -0.2) is 25.8 Å². The van der Waals surface area contributed by atoms with Crippen molar-refractivity contribution in [1.29, 1.82) is 5.26 Å². The molecule has 16 heavy (non-hydrogen) atoms. The van der Waals surface area contributed by atoms with Gasteiger partial charge in [0.15, 0.2) is 0 Å². The topological polar surface area (TPSA) is 45.0 Å². The summed E-state index contributed by atoms with van der Waals surface area (Å²) in [7, 11) is 0. The predicted octanol–water partition coefficient (Wildman–Crippen LogP) is 2.72. The monoisotopic (exact) mass is 226 g/mol. The van der Waals surface area contributed by atoms with Crippen molar-refractivity contribution in [3.05, 3.63) is 0 Å². The third-order valence-corrected chi connectivity index (χ3v) is 2.79. The van der Waals surface area contributed by atoms with Gasteiger partial charge < -0.3 is 10.1 Å². The van der Waals surface area contributed by atoms with Crippen molar-refractivity contribution in [3.63, 3.8) is 0 Å². The fraction of sp³-hybridized carbons (Fsp3) is 0.923. The zero-order valence-corrected chi connectivity index (χ0v) is 11.0. The molecule has 0 aliphatic heterocycles. The standard InChI is InChI=1S/C13H26N2O/c1-4-7-8-12(5-2)10-16-11-13(9-14)15-6-3/h12-13,15H,4-8,10-11H2,1-3H3. The Balaban J connectivity index is 3.63. The summed E-state index contributed by atoms with van der Waals surface area (Å²) in [6.45, 7) is 8.53. The summed E-state index contributed by atoms with van der Waals surface area (Å²) in [5.74, 6) is 0.654. The number of hydrogen-bond donors (Lipinski definition) is 1. The molecule has 3 nitrogen and oxygen atoms in total. The third kappa shape index (κ3) is 7.67. The molecule has 0 spiro atoms. The molecular weight excluding hydrogens is 200 g/mol. The third-order valence-electron chi connectivity index (χ3n) is 2.79. The maximum absolute atomic E-state index is 8.83. The van der Waals surface area contributed by atoms with E-state index in [9.17, 15) is 0 Å². The van der Waals surface area contributed by atoms with Crippen LogP contribution < -0.4 is 5.32 Å². The van der Waals surface area contributed by atoms with Gasteiger partial charge in [-0.1, -0.05) is 40.0 Å². The Morgan fingerprint density at radius 3 is 2.50 bits per heavy atom. The van der Waals surface area contributed by atoms with Crippen LogP contribution in [0.4, 0.5) is 0 Å². The van der Waals surface area contributed by atoms with Crippen molar-refractivity contribution in [3.8, 4) is 6.07 Å². The van der Waals surface area contributed by atoms with Crippen LogP contribution >= 0.6 is 0 Å². The molecule has 0 aliphatic rings. The lowest BCUT2D eigenvalue weighted by molar-refractivity contribution is 0.0861. The Morgan fingerprint density at radius 1 is 1.25 bits per heavy atom. The van der Waals surface area contributed by atoms with Crippen molar-refractivity contribution in [1.82, 2.24) is 5.32 Å². The van der Waals surface area contributed by atoms with Gasteiger partial charge in [-0.3, -0.25) is 0 Å². The summed E-state index contributed by atoms with van der Waals surface area (Å²) in [4.78, 5) is 0. The number of rotatable bonds is 10. The van der Waals surface area contributed by atoms with Crippen LogP contribution in [0.1, 0.15) is 46.5 Å². The van der Waals surface area contributed by atoms with Gasteiger partial charge in [0.2, 0.25) is 0 Å². The molecule has 0 bridgehead atoms. The molecule has 1 N–H and O–H groups in total. The molecule has 0 aromatic carbocycles. The van der Waals surface area contributed by atoms with E-state index in [0.29, 0.717) is 12.5 Å². The summed E-state index contributed by atoms with van der Waals surface area (Å²) in [6, 6.07) is 2.04. The normalized spacial score (nSPS) is 14.4. The van der Waals surface area contributed by atoms with Crippen molar-refractivity contribution in [2.45, 2.75) is 52.5 Å². The minimum atomic E-state index is -0.159. The molecule has 94 valence electrons. The van der Waals surface area contributed by atoms with Gasteiger partial charge in [-0.25, -0.2) is 0 Å². The first-order valence-corrected chi connectivity index (χ1v) is 6.49. The highest BCUT2D eigenvalue weighted by Gasteiger charge is 2.09. The van der Waals surface area contributed by atoms with Gasteiger partial charge in [-0.15, -0.1) is 0 Å². The number of ether oxygens (including phenoxy) is 1. The second-order valence-corrected chi connectivity index (χ2v) is 4.19. The number of nitriles is 1. The number of hydrogen-bond acceptors (Lipinski definition) is 3. The zero-order valence-electron chi connectivity index (χ0n) is 11.0. The van der Waals surface area contributed by atoms with Crippen molar-refractivity contribution < 1.29 is 4.74 Å². The Kier molecular flexibility index (Phi) is 10.5. The minimum absolute atomic E-state index is 0.159. The number of nitrogens with zero attached hydrogens (tertiary/aromatic N) is 1. The molecule has 0 rings (SSSR count). The highest BCUT2D eigenvalue weighted by Crippen LogP contribution is 2.12. The lowest BCUT2D eigenvalue weighted by atomic mass is 10.0. The van der Waals surface area contributed by atoms with Crippen LogP contribution in [-0.2, 0) is 4.74 Å². The zero-order chi connectivity index (χ0) is 12.2. The summed E-state index contributed by atoms with van der Waals surface area (Å²) in [5, 5.41) is 11.9. The van der Waals surface area contributed by atoms with Crippen molar-refractivity contribution in [2.75, 3.05) is 19.8 Å². The van der Waals surface area contributed by atoms with Gasteiger partial charge in [0, 0.05) is 6.61 Å². The molecular formula is C13H26N2O. The summed E-state index contributed by atoms with van der Waals surface area (Å²) in [5.41, 5.74) is 0. The number of likely N-dealkylation sites (N-methyl/N-ethyl adjacent to an activating group) is 1. The second-order valence-electron chi connectivity index (χ2n) is 4.19. The molecule has 0 radical (unpaired) electrons. The highest BCUT2D eigenvalue weighted by molar-refractivity contribution is 4.89. The van der Waals surface area contributed by atoms with Crippen LogP contribution in [0.3, 0.4) is 0 Å². The van der Waals surface area contributed by atoms with E-state index >= 15 is 0 Å². The molecule has 2 unspecified atom stereocenters. The Bertz CT molecular complexity index is 189. The maximum Gasteiger partial charge on any atom is 0.119 e. The summed E-state index contributed by atoms with van der Waals surface area (Å²) < 4.78 is 5.60. The Hall–Kier alpha value is -0.590. The van der Waals surface area contributed by atoms with Gasteiger partial charge in [0.05, 0.1) is 12.7 Å². The SMILES string of the molecule is CCCCC(CC)COCC(C#N)NCC. The molecule has 0 saturated carbocycles. The quantitative estimate of drug-likeness (QED) is 0.623. The lowest BCUT2D eigenvalue weighted by Gasteiger charge is -2.16. The first-order valence-electron chi connectivity index (χ1n) is 6.49. The molecule has 3 heteroatoms. The number of nitrogens with one attached hydrogen (secondary N) is 1. The average molecular weight is 226 g/mol. The highest BCUT2D eigenvalue weighted by atomic mass is 16.5. The number of unbranched alkanes of at least 4 members (excludes halogenated alkanes) is 1. The predicted molar refractivity (Wildman–Crippen MR) is 67.2 cm³/mol. The first kappa shape index (κ1) is 15.4. The molecule has 0 aromatic rings. The van der Waals surface area contributed by atoms with E-state index in [1.54, 1.807) is 0 Å². The summed E-state index contributed by atoms with van der Waals surface area (Å²) >= 11 is 0. The van der Waals surface area contributed by atoms with E-state index in [4.69, 9.17) is 10.00 Å². The van der Waals surface area contributed by atoms with Crippen molar-refractivity contribution in [2.24, 2.45) is 5.92 Å².